The van der Waals surface area contributed by atoms with Gasteiger partial charge < -0.3 is 27.4 Å². The summed E-state index contributed by atoms with van der Waals surface area (Å²) in [5, 5.41) is 15.6. The van der Waals surface area contributed by atoms with Gasteiger partial charge in [0.25, 0.3) is 0 Å². The van der Waals surface area contributed by atoms with E-state index in [1.807, 2.05) is 0 Å². The van der Waals surface area contributed by atoms with Crippen molar-refractivity contribution < 1.29 is 0 Å². The highest BCUT2D eigenvalue weighted by Crippen LogP contribution is 2.42. The Balaban J connectivity index is 0.0000000960. The van der Waals surface area contributed by atoms with E-state index >= 15 is 0 Å². The van der Waals surface area contributed by atoms with Gasteiger partial charge in [0.15, 0.2) is 0 Å². The second-order valence-corrected chi connectivity index (χ2v) is 35.9. The predicted molar refractivity (Wildman–Crippen MR) is 589 cm³/mol. The lowest BCUT2D eigenvalue weighted by Crippen LogP contribution is -1.96. The minimum Gasteiger partial charge on any atom is -0.309 e. The summed E-state index contributed by atoms with van der Waals surface area (Å²) in [5.41, 5.74) is 37.6. The van der Waals surface area contributed by atoms with E-state index < -0.39 is 0 Å². The predicted octanol–water partition coefficient (Wildman–Crippen LogP) is 35.6. The highest BCUT2D eigenvalue weighted by atomic mass is 15.0. The number of nitrogens with zero attached hydrogens (tertiary/aromatic N) is 6. The maximum atomic E-state index is 2.37. The van der Waals surface area contributed by atoms with Crippen molar-refractivity contribution in [3.05, 3.63) is 543 Å². The van der Waals surface area contributed by atoms with Crippen LogP contribution < -0.4 is 0 Å². The van der Waals surface area contributed by atoms with E-state index in [9.17, 15) is 0 Å². The van der Waals surface area contributed by atoms with Crippen molar-refractivity contribution in [2.24, 2.45) is 0 Å². The number of fused-ring (bicyclic) bond motifs is 18. The lowest BCUT2D eigenvalue weighted by molar-refractivity contribution is 1.15. The zero-order valence-corrected chi connectivity index (χ0v) is 78.2. The second kappa shape index (κ2) is 37.8. The van der Waals surface area contributed by atoms with Crippen LogP contribution in [0.25, 0.3) is 198 Å². The first-order valence-corrected chi connectivity index (χ1v) is 47.6. The van der Waals surface area contributed by atoms with Crippen LogP contribution in [0, 0.1) is 41.5 Å². The van der Waals surface area contributed by atoms with Crippen molar-refractivity contribution in [2.75, 3.05) is 0 Å². The molecule has 6 aromatic heterocycles. The first kappa shape index (κ1) is 85.9. The Morgan fingerprint density at radius 3 is 0.732 bits per heavy atom. The average molecular weight is 1770 g/mol. The Morgan fingerprint density at radius 2 is 0.370 bits per heavy atom. The van der Waals surface area contributed by atoms with Gasteiger partial charge in [-0.3, -0.25) is 0 Å². The van der Waals surface area contributed by atoms with E-state index in [1.165, 1.54) is 232 Å². The smallest absolute Gasteiger partial charge is 0.0547 e. The van der Waals surface area contributed by atoms with Crippen LogP contribution in [0.15, 0.2) is 510 Å². The maximum Gasteiger partial charge on any atom is 0.0547 e. The molecule has 660 valence electrons. The first-order chi connectivity index (χ1) is 68.0. The van der Waals surface area contributed by atoms with E-state index in [2.05, 4.69) is 579 Å². The molecule has 138 heavy (non-hydrogen) atoms. The maximum absolute atomic E-state index is 2.37. The number of hydrogen-bond donors (Lipinski definition) is 0. The third kappa shape index (κ3) is 16.5. The molecule has 21 aromatic carbocycles. The zero-order valence-electron chi connectivity index (χ0n) is 78.2. The van der Waals surface area contributed by atoms with Crippen LogP contribution in [0.4, 0.5) is 0 Å². The van der Waals surface area contributed by atoms with Gasteiger partial charge in [-0.1, -0.05) is 387 Å². The minimum absolute atomic E-state index is 1.19. The largest absolute Gasteiger partial charge is 0.309 e. The third-order valence-electron chi connectivity index (χ3n) is 26.9. The molecule has 0 radical (unpaired) electrons. The summed E-state index contributed by atoms with van der Waals surface area (Å²) in [4.78, 5) is 0. The quantitative estimate of drug-likeness (QED) is 0.138. The standard InChI is InChI=1S/3C25H19N.3C19H15N/c1-18-8-7-9-19(16-18)20-14-15-23-22-12-5-6-13-24(22)26(25(23)17-20)21-10-3-2-4-11-21;1-18-9-5-6-12-21(18)19-15-16-23-22-13-7-8-14-24(22)26(25(23)17-19)20-10-3-2-4-11-20;1-18-11-13-19(14-12-18)20-15-16-23-22-9-5-6-10-24(22)26(25(23)17-20)21-7-3-2-4-8-21;1-14-8-2-5-11-17(14)20-18-12-6-3-9-15(18)16-10-4-7-13-19(16)20;1-14-7-6-8-15(13-14)20-18-11-4-2-9-16(18)17-10-3-5-12-19(17)20;1-14-10-12-15(13-11-14)20-18-8-4-2-6-16(18)17-7-3-5-9-19(17)20/h3*2-17H,1H3;3*2-13H,1H3. The highest BCUT2D eigenvalue weighted by Gasteiger charge is 2.21. The molecule has 6 heteroatoms. The molecule has 0 N–H and O–H groups in total. The average Bonchev–Trinajstić information content (AvgIpc) is 1.59. The lowest BCUT2D eigenvalue weighted by Gasteiger charge is -2.10. The van der Waals surface area contributed by atoms with Crippen LogP contribution in [-0.4, -0.2) is 27.4 Å². The topological polar surface area (TPSA) is 29.6 Å². The minimum atomic E-state index is 1.19. The second-order valence-electron chi connectivity index (χ2n) is 35.9. The molecule has 0 aliphatic carbocycles. The van der Waals surface area contributed by atoms with E-state index in [1.54, 1.807) is 0 Å². The molecule has 27 aromatic rings. The summed E-state index contributed by atoms with van der Waals surface area (Å²) in [6, 6.07) is 182. The van der Waals surface area contributed by atoms with Gasteiger partial charge in [0.05, 0.1) is 66.2 Å². The molecule has 0 saturated heterocycles. The molecular weight excluding hydrogens is 1670 g/mol. The van der Waals surface area contributed by atoms with Crippen LogP contribution >= 0.6 is 0 Å². The van der Waals surface area contributed by atoms with E-state index in [0.29, 0.717) is 0 Å². The van der Waals surface area contributed by atoms with E-state index in [0.717, 1.165) is 0 Å². The normalized spacial score (nSPS) is 11.3. The van der Waals surface area contributed by atoms with Crippen molar-refractivity contribution >= 4 is 131 Å². The van der Waals surface area contributed by atoms with Gasteiger partial charge in [-0.2, -0.15) is 0 Å². The van der Waals surface area contributed by atoms with E-state index in [-0.39, 0.29) is 0 Å². The Bertz CT molecular complexity index is 8970. The van der Waals surface area contributed by atoms with Gasteiger partial charge in [-0.25, -0.2) is 0 Å². The fourth-order valence-corrected chi connectivity index (χ4v) is 20.3. The fraction of sp³-hybridized carbons (Fsp3) is 0.0455. The fourth-order valence-electron chi connectivity index (χ4n) is 20.3. The summed E-state index contributed by atoms with van der Waals surface area (Å²) in [6.45, 7) is 12.9. The van der Waals surface area contributed by atoms with Crippen molar-refractivity contribution in [2.45, 2.75) is 41.5 Å². The molecule has 0 bridgehead atoms. The zero-order chi connectivity index (χ0) is 93.1. The molecule has 0 atom stereocenters. The molecule has 6 heterocycles. The summed E-state index contributed by atoms with van der Waals surface area (Å²) in [7, 11) is 0. The Morgan fingerprint density at radius 1 is 0.123 bits per heavy atom. The SMILES string of the molecule is Cc1ccc(-c2ccc3c4ccccc4n(-c4ccccc4)c3c2)cc1.Cc1ccc(-n2c3ccccc3c3ccccc32)cc1.Cc1cccc(-c2ccc3c4ccccc4n(-c4ccccc4)c3c2)c1.Cc1cccc(-n2c3ccccc3c3ccccc32)c1.Cc1ccccc1-c1ccc2c3ccccc3n(-c3ccccc3)c2c1.Cc1ccccc1-n1c2ccccc2c2ccccc21. The molecule has 0 unspecified atom stereocenters. The Hall–Kier alpha value is -17.6. The molecule has 0 aliphatic rings. The third-order valence-corrected chi connectivity index (χ3v) is 26.9. The Kier molecular flexibility index (Phi) is 23.5. The van der Waals surface area contributed by atoms with Crippen LogP contribution in [0.2, 0.25) is 0 Å². The van der Waals surface area contributed by atoms with Crippen LogP contribution in [0.5, 0.6) is 0 Å². The highest BCUT2D eigenvalue weighted by molar-refractivity contribution is 6.15. The van der Waals surface area contributed by atoms with Gasteiger partial charge in [-0.05, 0) is 231 Å². The number of aryl methyl sites for hydroxylation is 6. The lowest BCUT2D eigenvalue weighted by atomic mass is 9.99. The number of para-hydroxylation sites is 13. The summed E-state index contributed by atoms with van der Waals surface area (Å²) >= 11 is 0. The molecule has 0 aliphatic heterocycles. The van der Waals surface area contributed by atoms with Crippen molar-refractivity contribution in [3.63, 3.8) is 0 Å². The molecule has 0 saturated carbocycles. The van der Waals surface area contributed by atoms with Gasteiger partial charge in [0, 0.05) is 98.8 Å². The molecule has 0 spiro atoms. The van der Waals surface area contributed by atoms with Crippen LogP contribution in [-0.2, 0) is 0 Å². The van der Waals surface area contributed by atoms with Crippen molar-refractivity contribution in [1.82, 2.24) is 27.4 Å². The van der Waals surface area contributed by atoms with E-state index in [4.69, 9.17) is 0 Å². The first-order valence-electron chi connectivity index (χ1n) is 47.6. The monoisotopic (exact) mass is 1770 g/mol. The molecule has 0 amide bonds. The van der Waals surface area contributed by atoms with Gasteiger partial charge in [0.1, 0.15) is 0 Å². The molecule has 6 nitrogen and oxygen atoms in total. The van der Waals surface area contributed by atoms with Crippen LogP contribution in [0.3, 0.4) is 0 Å². The summed E-state index contributed by atoms with van der Waals surface area (Å²) in [6.07, 6.45) is 0. The number of aromatic nitrogens is 6. The summed E-state index contributed by atoms with van der Waals surface area (Å²) < 4.78 is 14.1. The number of benzene rings is 21. The van der Waals surface area contributed by atoms with Crippen LogP contribution in [0.1, 0.15) is 33.4 Å². The molecule has 0 fully saturated rings. The van der Waals surface area contributed by atoms with Crippen molar-refractivity contribution in [3.8, 4) is 67.5 Å². The molecule has 27 rings (SSSR count). The van der Waals surface area contributed by atoms with Gasteiger partial charge in [-0.15, -0.1) is 0 Å². The van der Waals surface area contributed by atoms with Crippen molar-refractivity contribution in [1.29, 1.82) is 0 Å². The number of rotatable bonds is 9. The number of hydrogen-bond acceptors (Lipinski definition) is 0. The summed E-state index contributed by atoms with van der Waals surface area (Å²) in [5.74, 6) is 0. The molecular formula is C132H102N6. The Labute approximate surface area is 804 Å². The van der Waals surface area contributed by atoms with Gasteiger partial charge >= 0.3 is 0 Å². The van der Waals surface area contributed by atoms with Gasteiger partial charge in [0.2, 0.25) is 0 Å².